The lowest BCUT2D eigenvalue weighted by atomic mass is 10.1. The lowest BCUT2D eigenvalue weighted by molar-refractivity contribution is -0.133. The van der Waals surface area contributed by atoms with Crippen molar-refractivity contribution in [3.63, 3.8) is 0 Å². The first-order chi connectivity index (χ1) is 9.95. The van der Waals surface area contributed by atoms with Gasteiger partial charge in [-0.3, -0.25) is 14.4 Å². The van der Waals surface area contributed by atoms with Crippen LogP contribution in [0.4, 0.5) is 0 Å². The molecular weight excluding hydrogens is 272 g/mol. The number of nitrogens with one attached hydrogen (secondary N) is 1. The van der Waals surface area contributed by atoms with E-state index in [9.17, 15) is 19.5 Å². The number of carbonyl (C=O) groups excluding carboxylic acids is 3. The Balaban J connectivity index is 2.64. The number of benzene rings is 1. The minimum Gasteiger partial charge on any atom is -0.378 e. The topological polar surface area (TPSA) is 109 Å². The Morgan fingerprint density at radius 2 is 1.86 bits per heavy atom. The van der Waals surface area contributed by atoms with E-state index >= 15 is 0 Å². The molecule has 0 aromatic heterocycles. The summed E-state index contributed by atoms with van der Waals surface area (Å²) in [6.45, 7) is 1.72. The molecule has 0 aliphatic heterocycles. The maximum absolute atomic E-state index is 11.9. The molecule has 0 bridgehead atoms. The first-order valence-corrected chi connectivity index (χ1v) is 6.80. The second-order valence-electron chi connectivity index (χ2n) is 4.71. The Morgan fingerprint density at radius 1 is 1.24 bits per heavy atom. The van der Waals surface area contributed by atoms with Gasteiger partial charge < -0.3 is 16.2 Å². The van der Waals surface area contributed by atoms with Crippen molar-refractivity contribution in [1.29, 1.82) is 0 Å². The highest BCUT2D eigenvalue weighted by Gasteiger charge is 2.24. The molecule has 6 nitrogen and oxygen atoms in total. The maximum Gasteiger partial charge on any atom is 0.254 e. The van der Waals surface area contributed by atoms with Crippen molar-refractivity contribution < 1.29 is 19.5 Å². The fraction of sp³-hybridized carbons (Fsp3) is 0.400. The average Bonchev–Trinajstić information content (AvgIpc) is 2.50. The smallest absolute Gasteiger partial charge is 0.254 e. The van der Waals surface area contributed by atoms with Gasteiger partial charge in [0.05, 0.1) is 0 Å². The average molecular weight is 292 g/mol. The van der Waals surface area contributed by atoms with Gasteiger partial charge in [-0.05, 0) is 12.0 Å². The minimum absolute atomic E-state index is 0.0147. The van der Waals surface area contributed by atoms with Crippen molar-refractivity contribution >= 4 is 17.6 Å². The third-order valence-electron chi connectivity index (χ3n) is 3.13. The Bertz CT molecular complexity index is 502. The van der Waals surface area contributed by atoms with Crippen molar-refractivity contribution in [3.05, 3.63) is 35.9 Å². The van der Waals surface area contributed by atoms with Gasteiger partial charge in [-0.1, -0.05) is 37.3 Å². The molecular formula is C15H20N2O4. The number of amides is 2. The van der Waals surface area contributed by atoms with E-state index in [2.05, 4.69) is 5.32 Å². The van der Waals surface area contributed by atoms with Crippen LogP contribution < -0.4 is 11.1 Å². The van der Waals surface area contributed by atoms with Crippen molar-refractivity contribution in [2.24, 2.45) is 5.73 Å². The molecule has 0 saturated carbocycles. The number of rotatable bonds is 8. The molecule has 0 unspecified atom stereocenters. The molecule has 1 aromatic rings. The Hall–Kier alpha value is -2.21. The lowest BCUT2D eigenvalue weighted by Gasteiger charge is -2.18. The fourth-order valence-electron chi connectivity index (χ4n) is 1.81. The van der Waals surface area contributed by atoms with Crippen molar-refractivity contribution in [2.45, 2.75) is 38.3 Å². The highest BCUT2D eigenvalue weighted by molar-refractivity contribution is 5.89. The van der Waals surface area contributed by atoms with Crippen LogP contribution in [0.1, 0.15) is 37.9 Å². The predicted octanol–water partition coefficient (Wildman–Crippen LogP) is 0.449. The van der Waals surface area contributed by atoms with Gasteiger partial charge in [0.15, 0.2) is 6.10 Å². The summed E-state index contributed by atoms with van der Waals surface area (Å²) >= 11 is 0. The van der Waals surface area contributed by atoms with Crippen LogP contribution in [0.5, 0.6) is 0 Å². The SMILES string of the molecule is CCC(=O)CC[C@H](NC(=O)[C@@H](O)c1ccccc1)C(N)=O. The summed E-state index contributed by atoms with van der Waals surface area (Å²) in [6.07, 6.45) is -0.720. The van der Waals surface area contributed by atoms with Gasteiger partial charge in [-0.25, -0.2) is 0 Å². The minimum atomic E-state index is -1.38. The molecule has 21 heavy (non-hydrogen) atoms. The highest BCUT2D eigenvalue weighted by Crippen LogP contribution is 2.12. The number of aliphatic hydroxyl groups excluding tert-OH is 1. The molecule has 0 aliphatic rings. The van der Waals surface area contributed by atoms with E-state index in [-0.39, 0.29) is 18.6 Å². The van der Waals surface area contributed by atoms with E-state index < -0.39 is 24.0 Å². The number of hydrogen-bond donors (Lipinski definition) is 3. The van der Waals surface area contributed by atoms with E-state index in [1.807, 2.05) is 0 Å². The molecule has 0 fully saturated rings. The molecule has 4 N–H and O–H groups in total. The molecule has 0 saturated heterocycles. The van der Waals surface area contributed by atoms with Crippen LogP contribution in [0.25, 0.3) is 0 Å². The zero-order valence-electron chi connectivity index (χ0n) is 11.9. The molecule has 2 amide bonds. The zero-order chi connectivity index (χ0) is 15.8. The normalized spacial score (nSPS) is 13.2. The number of nitrogens with two attached hydrogens (primary N) is 1. The Labute approximate surface area is 123 Å². The van der Waals surface area contributed by atoms with Crippen LogP contribution in [-0.4, -0.2) is 28.7 Å². The standard InChI is InChI=1S/C15H20N2O4/c1-2-11(18)8-9-12(14(16)20)17-15(21)13(19)10-6-4-3-5-7-10/h3-7,12-13,19H,2,8-9H2,1H3,(H2,16,20)(H,17,21)/t12-,13-/m0/s1. The van der Waals surface area contributed by atoms with Crippen molar-refractivity contribution in [1.82, 2.24) is 5.32 Å². The first kappa shape index (κ1) is 16.8. The molecule has 0 spiro atoms. The Kier molecular flexibility index (Phi) is 6.55. The van der Waals surface area contributed by atoms with E-state index in [0.717, 1.165) is 0 Å². The van der Waals surface area contributed by atoms with Gasteiger partial charge >= 0.3 is 0 Å². The third kappa shape index (κ3) is 5.35. The van der Waals surface area contributed by atoms with Gasteiger partial charge in [0.2, 0.25) is 5.91 Å². The number of carbonyl (C=O) groups is 3. The molecule has 6 heteroatoms. The van der Waals surface area contributed by atoms with Gasteiger partial charge in [0.25, 0.3) is 5.91 Å². The van der Waals surface area contributed by atoms with E-state index in [4.69, 9.17) is 5.73 Å². The van der Waals surface area contributed by atoms with Crippen molar-refractivity contribution in [3.8, 4) is 0 Å². The quantitative estimate of drug-likeness (QED) is 0.646. The molecule has 0 radical (unpaired) electrons. The summed E-state index contributed by atoms with van der Waals surface area (Å²) in [5, 5.41) is 12.3. The zero-order valence-corrected chi connectivity index (χ0v) is 11.9. The summed E-state index contributed by atoms with van der Waals surface area (Å²) in [5.41, 5.74) is 5.62. The second kappa shape index (κ2) is 8.16. The number of hydrogen-bond acceptors (Lipinski definition) is 4. The number of Topliss-reactive ketones (excluding diaryl/α,β-unsaturated/α-hetero) is 1. The highest BCUT2D eigenvalue weighted by atomic mass is 16.3. The Morgan fingerprint density at radius 3 is 2.38 bits per heavy atom. The number of aliphatic hydroxyl groups is 1. The molecule has 0 heterocycles. The summed E-state index contributed by atoms with van der Waals surface area (Å²) in [4.78, 5) is 34.5. The van der Waals surface area contributed by atoms with E-state index in [1.54, 1.807) is 37.3 Å². The largest absolute Gasteiger partial charge is 0.378 e. The summed E-state index contributed by atoms with van der Waals surface area (Å²) in [6, 6.07) is 7.38. The number of primary amides is 1. The summed E-state index contributed by atoms with van der Waals surface area (Å²) < 4.78 is 0. The molecule has 0 aliphatic carbocycles. The predicted molar refractivity (Wildman–Crippen MR) is 77.1 cm³/mol. The van der Waals surface area contributed by atoms with E-state index in [0.29, 0.717) is 12.0 Å². The van der Waals surface area contributed by atoms with Gasteiger partial charge in [0, 0.05) is 12.8 Å². The van der Waals surface area contributed by atoms with Crippen LogP contribution in [0.3, 0.4) is 0 Å². The lowest BCUT2D eigenvalue weighted by Crippen LogP contribution is -2.46. The van der Waals surface area contributed by atoms with E-state index in [1.165, 1.54) is 0 Å². The third-order valence-corrected chi connectivity index (χ3v) is 3.13. The summed E-state index contributed by atoms with van der Waals surface area (Å²) in [5.74, 6) is -1.46. The number of ketones is 1. The molecule has 1 rings (SSSR count). The fourth-order valence-corrected chi connectivity index (χ4v) is 1.81. The summed E-state index contributed by atoms with van der Waals surface area (Å²) in [7, 11) is 0. The van der Waals surface area contributed by atoms with Crippen LogP contribution in [0.2, 0.25) is 0 Å². The van der Waals surface area contributed by atoms with Crippen LogP contribution >= 0.6 is 0 Å². The van der Waals surface area contributed by atoms with Gasteiger partial charge in [-0.2, -0.15) is 0 Å². The van der Waals surface area contributed by atoms with Gasteiger partial charge in [0.1, 0.15) is 11.8 Å². The van der Waals surface area contributed by atoms with Gasteiger partial charge in [-0.15, -0.1) is 0 Å². The van der Waals surface area contributed by atoms with Crippen molar-refractivity contribution in [2.75, 3.05) is 0 Å². The molecule has 1 aromatic carbocycles. The maximum atomic E-state index is 11.9. The first-order valence-electron chi connectivity index (χ1n) is 6.80. The van der Waals surface area contributed by atoms with Crippen LogP contribution in [0, 0.1) is 0 Å². The molecule has 114 valence electrons. The second-order valence-corrected chi connectivity index (χ2v) is 4.71. The molecule has 2 atom stereocenters. The van der Waals surface area contributed by atoms with Crippen LogP contribution in [0.15, 0.2) is 30.3 Å². The monoisotopic (exact) mass is 292 g/mol. The van der Waals surface area contributed by atoms with Crippen LogP contribution in [-0.2, 0) is 14.4 Å².